The maximum atomic E-state index is 12.1. The molecule has 2 amide bonds. The zero-order valence-corrected chi connectivity index (χ0v) is 11.4. The summed E-state index contributed by atoms with van der Waals surface area (Å²) in [4.78, 5) is 25.8. The number of rotatable bonds is 2. The molecule has 2 aliphatic heterocycles. The highest BCUT2D eigenvalue weighted by molar-refractivity contribution is 5.74. The number of hydrogen-bond donors (Lipinski definition) is 1. The highest BCUT2D eigenvalue weighted by atomic mass is 16.2. The van der Waals surface area contributed by atoms with Gasteiger partial charge in [-0.05, 0) is 18.4 Å². The molecule has 3 heterocycles. The molecule has 20 heavy (non-hydrogen) atoms. The van der Waals surface area contributed by atoms with E-state index in [1.54, 1.807) is 12.1 Å². The van der Waals surface area contributed by atoms with Crippen LogP contribution in [0.5, 0.6) is 0 Å². The number of carbonyl (C=O) groups is 1. The second-order valence-electron chi connectivity index (χ2n) is 5.58. The van der Waals surface area contributed by atoms with Gasteiger partial charge >= 0.3 is 6.03 Å². The van der Waals surface area contributed by atoms with Gasteiger partial charge in [-0.15, -0.1) is 6.58 Å². The Morgan fingerprint density at radius 1 is 1.40 bits per heavy atom. The molecule has 5 heteroatoms. The van der Waals surface area contributed by atoms with E-state index in [0.717, 1.165) is 25.2 Å². The molecule has 0 spiro atoms. The van der Waals surface area contributed by atoms with Gasteiger partial charge in [0.05, 0.1) is 0 Å². The van der Waals surface area contributed by atoms with Gasteiger partial charge in [-0.1, -0.05) is 12.1 Å². The van der Waals surface area contributed by atoms with Gasteiger partial charge in [0.25, 0.3) is 5.56 Å². The van der Waals surface area contributed by atoms with Gasteiger partial charge in [-0.25, -0.2) is 4.79 Å². The molecule has 2 bridgehead atoms. The topological polar surface area (TPSA) is 54.3 Å². The largest absolute Gasteiger partial charge is 0.335 e. The highest BCUT2D eigenvalue weighted by Gasteiger charge is 2.35. The summed E-state index contributed by atoms with van der Waals surface area (Å²) in [7, 11) is 0. The van der Waals surface area contributed by atoms with Crippen LogP contribution in [0.25, 0.3) is 0 Å². The fourth-order valence-electron chi connectivity index (χ4n) is 3.33. The van der Waals surface area contributed by atoms with Crippen LogP contribution in [-0.4, -0.2) is 35.1 Å². The first-order valence-electron chi connectivity index (χ1n) is 7.02. The van der Waals surface area contributed by atoms with Gasteiger partial charge in [-0.2, -0.15) is 0 Å². The summed E-state index contributed by atoms with van der Waals surface area (Å²) in [5.41, 5.74) is 1.14. The van der Waals surface area contributed by atoms with E-state index in [2.05, 4.69) is 11.9 Å². The fraction of sp³-hybridized carbons (Fsp3) is 0.467. The van der Waals surface area contributed by atoms with Crippen molar-refractivity contribution in [2.45, 2.75) is 18.9 Å². The van der Waals surface area contributed by atoms with E-state index < -0.39 is 0 Å². The number of carbonyl (C=O) groups excluding carboxylic acids is 1. The van der Waals surface area contributed by atoms with E-state index >= 15 is 0 Å². The van der Waals surface area contributed by atoms with Crippen molar-refractivity contribution < 1.29 is 4.79 Å². The van der Waals surface area contributed by atoms with Gasteiger partial charge in [0.1, 0.15) is 0 Å². The van der Waals surface area contributed by atoms with Crippen LogP contribution in [0.3, 0.4) is 0 Å². The standard InChI is InChI=1S/C15H19N3O2/c1-2-6-16-15(20)17-8-11-7-12(10-17)13-4-3-5-14(19)18(13)9-11/h2-5,11-12H,1,6-10H2,(H,16,20)/t11-,12-/m0/s1. The molecule has 0 aliphatic carbocycles. The third kappa shape index (κ3) is 2.24. The summed E-state index contributed by atoms with van der Waals surface area (Å²) in [5.74, 6) is 0.640. The summed E-state index contributed by atoms with van der Waals surface area (Å²) < 4.78 is 1.87. The maximum absolute atomic E-state index is 12.1. The lowest BCUT2D eigenvalue weighted by molar-refractivity contribution is 0.132. The van der Waals surface area contributed by atoms with Crippen LogP contribution in [0, 0.1) is 5.92 Å². The fourth-order valence-corrected chi connectivity index (χ4v) is 3.33. The van der Waals surface area contributed by atoms with Crippen molar-refractivity contribution in [3.63, 3.8) is 0 Å². The summed E-state index contributed by atoms with van der Waals surface area (Å²) >= 11 is 0. The minimum absolute atomic E-state index is 0.0358. The Kier molecular flexibility index (Phi) is 3.34. The van der Waals surface area contributed by atoms with Crippen LogP contribution in [0.1, 0.15) is 18.0 Å². The first-order valence-corrected chi connectivity index (χ1v) is 7.02. The number of aromatic nitrogens is 1. The van der Waals surface area contributed by atoms with Crippen LogP contribution in [0.4, 0.5) is 4.79 Å². The summed E-state index contributed by atoms with van der Waals surface area (Å²) in [6.07, 6.45) is 2.74. The molecule has 1 saturated heterocycles. The molecule has 5 nitrogen and oxygen atoms in total. The summed E-state index contributed by atoms with van der Waals surface area (Å²) in [6, 6.07) is 5.39. The number of piperidine rings is 1. The average molecular weight is 273 g/mol. The molecule has 0 saturated carbocycles. The molecule has 2 atom stereocenters. The molecule has 1 fully saturated rings. The van der Waals surface area contributed by atoms with Crippen LogP contribution in [0.2, 0.25) is 0 Å². The van der Waals surface area contributed by atoms with Crippen molar-refractivity contribution in [3.05, 3.63) is 46.9 Å². The third-order valence-corrected chi connectivity index (χ3v) is 4.16. The van der Waals surface area contributed by atoms with Crippen molar-refractivity contribution in [2.75, 3.05) is 19.6 Å². The number of amides is 2. The number of likely N-dealkylation sites (tertiary alicyclic amines) is 1. The van der Waals surface area contributed by atoms with E-state index in [-0.39, 0.29) is 17.5 Å². The van der Waals surface area contributed by atoms with E-state index in [4.69, 9.17) is 0 Å². The second kappa shape index (κ2) is 5.15. The zero-order chi connectivity index (χ0) is 14.1. The molecule has 0 aromatic carbocycles. The molecule has 1 N–H and O–H groups in total. The number of nitrogens with one attached hydrogen (secondary N) is 1. The lowest BCUT2D eigenvalue weighted by atomic mass is 9.83. The van der Waals surface area contributed by atoms with Crippen LogP contribution >= 0.6 is 0 Å². The number of urea groups is 1. The molecule has 0 unspecified atom stereocenters. The number of fused-ring (bicyclic) bond motifs is 4. The van der Waals surface area contributed by atoms with Crippen molar-refractivity contribution >= 4 is 6.03 Å². The monoisotopic (exact) mass is 273 g/mol. The Labute approximate surface area is 117 Å². The van der Waals surface area contributed by atoms with Gasteiger partial charge in [-0.3, -0.25) is 4.79 Å². The van der Waals surface area contributed by atoms with Gasteiger partial charge in [0, 0.05) is 43.9 Å². The van der Waals surface area contributed by atoms with Crippen molar-refractivity contribution in [3.8, 4) is 0 Å². The Balaban J connectivity index is 1.82. The molecule has 3 rings (SSSR count). The number of pyridine rings is 1. The molecule has 1 aromatic rings. The predicted octanol–water partition coefficient (Wildman–Crippen LogP) is 1.16. The number of nitrogens with zero attached hydrogens (tertiary/aromatic N) is 2. The van der Waals surface area contributed by atoms with Crippen molar-refractivity contribution in [1.29, 1.82) is 0 Å². The smallest absolute Gasteiger partial charge is 0.317 e. The zero-order valence-electron chi connectivity index (χ0n) is 11.4. The first kappa shape index (κ1) is 13.0. The van der Waals surface area contributed by atoms with Gasteiger partial charge in [0.2, 0.25) is 0 Å². The summed E-state index contributed by atoms with van der Waals surface area (Å²) in [5, 5.41) is 2.83. The molecular weight excluding hydrogens is 254 g/mol. The van der Waals surface area contributed by atoms with E-state index in [9.17, 15) is 9.59 Å². The number of hydrogen-bond acceptors (Lipinski definition) is 2. The average Bonchev–Trinajstić information content (AvgIpc) is 2.46. The maximum Gasteiger partial charge on any atom is 0.317 e. The summed E-state index contributed by atoms with van der Waals surface area (Å²) in [6.45, 7) is 6.21. The van der Waals surface area contributed by atoms with Gasteiger partial charge in [0.15, 0.2) is 0 Å². The minimum atomic E-state index is -0.0358. The molecule has 2 aliphatic rings. The molecule has 0 radical (unpaired) electrons. The van der Waals surface area contributed by atoms with E-state index in [0.29, 0.717) is 19.0 Å². The Bertz CT molecular complexity index is 593. The lowest BCUT2D eigenvalue weighted by Crippen LogP contribution is -2.51. The highest BCUT2D eigenvalue weighted by Crippen LogP contribution is 2.34. The van der Waals surface area contributed by atoms with Crippen molar-refractivity contribution in [2.24, 2.45) is 5.92 Å². The molecule has 106 valence electrons. The van der Waals surface area contributed by atoms with Crippen LogP contribution in [0.15, 0.2) is 35.6 Å². The minimum Gasteiger partial charge on any atom is -0.335 e. The van der Waals surface area contributed by atoms with E-state index in [1.807, 2.05) is 21.6 Å². The Morgan fingerprint density at radius 2 is 2.25 bits per heavy atom. The normalized spacial score (nSPS) is 23.9. The predicted molar refractivity (Wildman–Crippen MR) is 76.7 cm³/mol. The second-order valence-corrected chi connectivity index (χ2v) is 5.58. The third-order valence-electron chi connectivity index (χ3n) is 4.16. The van der Waals surface area contributed by atoms with Crippen LogP contribution in [-0.2, 0) is 6.54 Å². The quantitative estimate of drug-likeness (QED) is 0.822. The molecular formula is C15H19N3O2. The Hall–Kier alpha value is -2.04. The lowest BCUT2D eigenvalue weighted by Gasteiger charge is -2.42. The SMILES string of the molecule is C=CCNC(=O)N1C[C@@H]2C[C@@H](C1)c1cccc(=O)n1C2. The van der Waals surface area contributed by atoms with E-state index in [1.165, 1.54) is 0 Å². The van der Waals surface area contributed by atoms with Crippen molar-refractivity contribution in [1.82, 2.24) is 14.8 Å². The first-order chi connectivity index (χ1) is 9.69. The van der Waals surface area contributed by atoms with Crippen LogP contribution < -0.4 is 10.9 Å². The molecule has 1 aromatic heterocycles. The van der Waals surface area contributed by atoms with Gasteiger partial charge < -0.3 is 14.8 Å². The Morgan fingerprint density at radius 3 is 3.05 bits per heavy atom.